The molecule has 0 fully saturated rings. The van der Waals surface area contributed by atoms with Crippen molar-refractivity contribution in [3.8, 4) is 0 Å². The zero-order valence-electron chi connectivity index (χ0n) is 12.6. The Morgan fingerprint density at radius 2 is 1.92 bits per heavy atom. The monoisotopic (exact) mass is 377 g/mol. The van der Waals surface area contributed by atoms with Crippen molar-refractivity contribution in [3.63, 3.8) is 0 Å². The Morgan fingerprint density at radius 3 is 2.64 bits per heavy atom. The van der Waals surface area contributed by atoms with E-state index in [0.717, 1.165) is 0 Å². The number of nitrogens with zero attached hydrogens (tertiary/aromatic N) is 2. The predicted molar refractivity (Wildman–Crippen MR) is 93.0 cm³/mol. The molecule has 0 saturated carbocycles. The molecule has 8 nitrogen and oxygen atoms in total. The van der Waals surface area contributed by atoms with Gasteiger partial charge in [0.2, 0.25) is 5.95 Å². The molecule has 0 aliphatic heterocycles. The maximum atomic E-state index is 12.5. The molecule has 0 radical (unpaired) electrons. The second-order valence-electron chi connectivity index (χ2n) is 4.93. The molecule has 0 spiro atoms. The number of aromatic amines is 1. The topological polar surface area (TPSA) is 117 Å². The molecule has 3 aromatic rings. The van der Waals surface area contributed by atoms with E-state index in [1.165, 1.54) is 36.7 Å². The van der Waals surface area contributed by atoms with Crippen molar-refractivity contribution in [2.75, 3.05) is 10.0 Å². The molecule has 1 aromatic heterocycles. The summed E-state index contributed by atoms with van der Waals surface area (Å²) in [6.45, 7) is 0. The third kappa shape index (κ3) is 4.14. The number of hydrogen-bond acceptors (Lipinski definition) is 5. The average Bonchev–Trinajstić information content (AvgIpc) is 3.07. The number of H-pyrrole nitrogens is 1. The second-order valence-corrected chi connectivity index (χ2v) is 7.05. The van der Waals surface area contributed by atoms with Crippen LogP contribution in [0.3, 0.4) is 0 Å². The number of anilines is 2. The highest BCUT2D eigenvalue weighted by molar-refractivity contribution is 7.92. The number of benzene rings is 2. The largest absolute Gasteiger partial charge is 0.291 e. The lowest BCUT2D eigenvalue weighted by Gasteiger charge is -2.09. The Labute approximate surface area is 148 Å². The molecule has 0 unspecified atom stereocenters. The van der Waals surface area contributed by atoms with Gasteiger partial charge in [0.25, 0.3) is 15.9 Å². The lowest BCUT2D eigenvalue weighted by Crippen LogP contribution is -2.16. The standard InChI is InChI=1S/C15H12ClN5O3S/c16-11-4-2-5-12(8-11)21-25(23,24)13-6-1-3-10(7-13)14(22)19-15-17-9-18-20-15/h1-9,21H,(H2,17,18,19,20,22). The lowest BCUT2D eigenvalue weighted by molar-refractivity contribution is 0.102. The zero-order chi connectivity index (χ0) is 17.9. The van der Waals surface area contributed by atoms with Crippen LogP contribution in [0.1, 0.15) is 10.4 Å². The SMILES string of the molecule is O=C(Nc1ncn[nH]1)c1cccc(S(=O)(=O)Nc2cccc(Cl)c2)c1. The van der Waals surface area contributed by atoms with Crippen LogP contribution >= 0.6 is 11.6 Å². The number of hydrogen-bond donors (Lipinski definition) is 3. The first-order valence-electron chi connectivity index (χ1n) is 6.99. The number of sulfonamides is 1. The fourth-order valence-electron chi connectivity index (χ4n) is 2.02. The van der Waals surface area contributed by atoms with Crippen LogP contribution < -0.4 is 10.0 Å². The molecule has 0 saturated heterocycles. The Kier molecular flexibility index (Phi) is 4.68. The molecule has 0 bridgehead atoms. The van der Waals surface area contributed by atoms with E-state index in [9.17, 15) is 13.2 Å². The highest BCUT2D eigenvalue weighted by Crippen LogP contribution is 2.20. The van der Waals surface area contributed by atoms with Crippen molar-refractivity contribution in [2.24, 2.45) is 0 Å². The minimum absolute atomic E-state index is 0.0577. The van der Waals surface area contributed by atoms with Gasteiger partial charge in [0, 0.05) is 10.6 Å². The normalized spacial score (nSPS) is 11.1. The van der Waals surface area contributed by atoms with Gasteiger partial charge in [0.1, 0.15) is 6.33 Å². The Balaban J connectivity index is 1.83. The van der Waals surface area contributed by atoms with Gasteiger partial charge in [-0.15, -0.1) is 0 Å². The summed E-state index contributed by atoms with van der Waals surface area (Å²) in [5.74, 6) is -0.355. The molecule has 1 heterocycles. The first-order chi connectivity index (χ1) is 11.9. The van der Waals surface area contributed by atoms with E-state index in [1.54, 1.807) is 18.2 Å². The van der Waals surface area contributed by atoms with Gasteiger partial charge >= 0.3 is 0 Å². The second kappa shape index (κ2) is 6.91. The van der Waals surface area contributed by atoms with Gasteiger partial charge < -0.3 is 0 Å². The molecule has 10 heteroatoms. The Bertz CT molecular complexity index is 1010. The van der Waals surface area contributed by atoms with Crippen molar-refractivity contribution >= 4 is 39.2 Å². The summed E-state index contributed by atoms with van der Waals surface area (Å²) < 4.78 is 27.4. The molecule has 0 atom stereocenters. The van der Waals surface area contributed by atoms with Crippen LogP contribution in [0.2, 0.25) is 5.02 Å². The summed E-state index contributed by atoms with van der Waals surface area (Å²) in [6, 6.07) is 11.9. The first-order valence-corrected chi connectivity index (χ1v) is 8.85. The van der Waals surface area contributed by atoms with Crippen molar-refractivity contribution in [3.05, 3.63) is 65.4 Å². The molecule has 128 valence electrons. The quantitative estimate of drug-likeness (QED) is 0.631. The Hall–Kier alpha value is -2.91. The summed E-state index contributed by atoms with van der Waals surface area (Å²) in [7, 11) is -3.87. The van der Waals surface area contributed by atoms with Crippen molar-refractivity contribution in [2.45, 2.75) is 4.90 Å². The van der Waals surface area contributed by atoms with Gasteiger partial charge in [-0.1, -0.05) is 23.7 Å². The van der Waals surface area contributed by atoms with Gasteiger partial charge in [-0.25, -0.2) is 13.5 Å². The summed E-state index contributed by atoms with van der Waals surface area (Å²) >= 11 is 5.85. The van der Waals surface area contributed by atoms with Crippen molar-refractivity contribution < 1.29 is 13.2 Å². The van der Waals surface area contributed by atoms with Crippen LogP contribution in [-0.2, 0) is 10.0 Å². The van der Waals surface area contributed by atoms with Crippen LogP contribution in [0.4, 0.5) is 11.6 Å². The van der Waals surface area contributed by atoms with Crippen LogP contribution in [0.5, 0.6) is 0 Å². The number of carbonyl (C=O) groups is 1. The van der Waals surface area contributed by atoms with Crippen molar-refractivity contribution in [1.82, 2.24) is 15.2 Å². The molecule has 25 heavy (non-hydrogen) atoms. The molecule has 3 N–H and O–H groups in total. The number of aromatic nitrogens is 3. The third-order valence-corrected chi connectivity index (χ3v) is 4.74. The van der Waals surface area contributed by atoms with Crippen LogP contribution in [0, 0.1) is 0 Å². The molecule has 3 rings (SSSR count). The summed E-state index contributed by atoms with van der Waals surface area (Å²) in [5, 5.41) is 8.97. The number of rotatable bonds is 5. The van der Waals surface area contributed by atoms with Crippen LogP contribution in [0.15, 0.2) is 59.8 Å². The van der Waals surface area contributed by atoms with E-state index < -0.39 is 15.9 Å². The molecular weight excluding hydrogens is 366 g/mol. The number of amides is 1. The first kappa shape index (κ1) is 16.9. The average molecular weight is 378 g/mol. The number of carbonyl (C=O) groups excluding carboxylic acids is 1. The van der Waals surface area contributed by atoms with E-state index in [1.807, 2.05) is 0 Å². The maximum absolute atomic E-state index is 12.5. The van der Waals surface area contributed by atoms with Crippen LogP contribution in [-0.4, -0.2) is 29.5 Å². The van der Waals surface area contributed by atoms with E-state index in [-0.39, 0.29) is 16.4 Å². The van der Waals surface area contributed by atoms with Gasteiger partial charge in [-0.3, -0.25) is 14.8 Å². The van der Waals surface area contributed by atoms with E-state index in [0.29, 0.717) is 10.7 Å². The van der Waals surface area contributed by atoms with Gasteiger partial charge in [-0.05, 0) is 36.4 Å². The molecule has 0 aliphatic carbocycles. The molecule has 1 amide bonds. The van der Waals surface area contributed by atoms with Crippen molar-refractivity contribution in [1.29, 1.82) is 0 Å². The van der Waals surface area contributed by atoms with Crippen LogP contribution in [0.25, 0.3) is 0 Å². The summed E-state index contributed by atoms with van der Waals surface area (Å²) in [5.41, 5.74) is 0.481. The highest BCUT2D eigenvalue weighted by atomic mass is 35.5. The molecular formula is C15H12ClN5O3S. The lowest BCUT2D eigenvalue weighted by atomic mass is 10.2. The number of halogens is 1. The van der Waals surface area contributed by atoms with Gasteiger partial charge in [0.05, 0.1) is 10.6 Å². The van der Waals surface area contributed by atoms with E-state index >= 15 is 0 Å². The summed E-state index contributed by atoms with van der Waals surface area (Å²) in [4.78, 5) is 15.9. The molecule has 2 aromatic carbocycles. The third-order valence-electron chi connectivity index (χ3n) is 3.13. The molecule has 0 aliphatic rings. The zero-order valence-corrected chi connectivity index (χ0v) is 14.2. The minimum Gasteiger partial charge on any atom is -0.291 e. The summed E-state index contributed by atoms with van der Waals surface area (Å²) in [6.07, 6.45) is 1.24. The van der Waals surface area contributed by atoms with E-state index in [2.05, 4.69) is 25.2 Å². The fraction of sp³-hybridized carbons (Fsp3) is 0. The smallest absolute Gasteiger partial charge is 0.261 e. The Morgan fingerprint density at radius 1 is 1.12 bits per heavy atom. The van der Waals surface area contributed by atoms with E-state index in [4.69, 9.17) is 11.6 Å². The minimum atomic E-state index is -3.87. The predicted octanol–water partition coefficient (Wildman–Crippen LogP) is 2.51. The highest BCUT2D eigenvalue weighted by Gasteiger charge is 2.17. The maximum Gasteiger partial charge on any atom is 0.261 e. The number of nitrogens with one attached hydrogen (secondary N) is 3. The van der Waals surface area contributed by atoms with Gasteiger partial charge in [-0.2, -0.15) is 10.1 Å². The fourth-order valence-corrected chi connectivity index (χ4v) is 3.30. The van der Waals surface area contributed by atoms with Gasteiger partial charge in [0.15, 0.2) is 0 Å².